The predicted octanol–water partition coefficient (Wildman–Crippen LogP) is 2.51. The molecule has 0 N–H and O–H groups in total. The van der Waals surface area contributed by atoms with Crippen molar-refractivity contribution in [3.63, 3.8) is 0 Å². The quantitative estimate of drug-likeness (QED) is 0.856. The lowest BCUT2D eigenvalue weighted by Gasteiger charge is -2.48. The van der Waals surface area contributed by atoms with Gasteiger partial charge in [-0.15, -0.1) is 0 Å². The summed E-state index contributed by atoms with van der Waals surface area (Å²) in [4.78, 5) is 7.19. The van der Waals surface area contributed by atoms with Crippen molar-refractivity contribution in [2.45, 2.75) is 57.8 Å². The van der Waals surface area contributed by atoms with Crippen LogP contribution >= 0.6 is 0 Å². The lowest BCUT2D eigenvalue weighted by molar-refractivity contribution is -0.186. The maximum atomic E-state index is 6.21. The van der Waals surface area contributed by atoms with E-state index in [-0.39, 0.29) is 11.7 Å². The molecule has 4 rings (SSSR count). The third-order valence-electron chi connectivity index (χ3n) is 5.82. The van der Waals surface area contributed by atoms with Crippen molar-refractivity contribution in [2.75, 3.05) is 26.8 Å². The lowest BCUT2D eigenvalue weighted by Crippen LogP contribution is -2.55. The van der Waals surface area contributed by atoms with Crippen LogP contribution in [0.25, 0.3) is 5.65 Å². The monoisotopic (exact) mass is 344 g/mol. The van der Waals surface area contributed by atoms with E-state index < -0.39 is 0 Å². The Labute approximate surface area is 149 Å². The van der Waals surface area contributed by atoms with Crippen LogP contribution in [-0.2, 0) is 16.0 Å². The number of fused-ring (bicyclic) bond motifs is 1. The minimum Gasteiger partial charge on any atom is -0.378 e. The average Bonchev–Trinajstić information content (AvgIpc) is 3.00. The molecular weight excluding hydrogens is 316 g/mol. The SMILES string of the molecule is CO[C@H]1CCCOC12CCN(Cc1cnn3c(C)cc(C)nc13)CC2. The van der Waals surface area contributed by atoms with Crippen LogP contribution in [0.15, 0.2) is 12.3 Å². The van der Waals surface area contributed by atoms with Gasteiger partial charge in [-0.25, -0.2) is 9.50 Å². The van der Waals surface area contributed by atoms with Crippen molar-refractivity contribution in [2.24, 2.45) is 0 Å². The summed E-state index contributed by atoms with van der Waals surface area (Å²) in [5.74, 6) is 0. The van der Waals surface area contributed by atoms with E-state index in [1.807, 2.05) is 24.7 Å². The molecule has 2 fully saturated rings. The van der Waals surface area contributed by atoms with E-state index in [0.717, 1.165) is 69.0 Å². The zero-order valence-electron chi connectivity index (χ0n) is 15.5. The van der Waals surface area contributed by atoms with E-state index in [4.69, 9.17) is 14.5 Å². The third-order valence-corrected chi connectivity index (χ3v) is 5.82. The van der Waals surface area contributed by atoms with E-state index in [1.54, 1.807) is 0 Å². The van der Waals surface area contributed by atoms with Gasteiger partial charge in [0.15, 0.2) is 5.65 Å². The first-order chi connectivity index (χ1) is 12.1. The first kappa shape index (κ1) is 16.9. The summed E-state index contributed by atoms with van der Waals surface area (Å²) < 4.78 is 13.9. The predicted molar refractivity (Wildman–Crippen MR) is 95.7 cm³/mol. The van der Waals surface area contributed by atoms with Crippen molar-refractivity contribution in [1.29, 1.82) is 0 Å². The molecule has 1 atom stereocenters. The third kappa shape index (κ3) is 3.07. The molecule has 136 valence electrons. The highest BCUT2D eigenvalue weighted by molar-refractivity contribution is 5.47. The van der Waals surface area contributed by atoms with Crippen LogP contribution in [0, 0.1) is 13.8 Å². The molecule has 1 spiro atoms. The van der Waals surface area contributed by atoms with Gasteiger partial charge in [0.2, 0.25) is 0 Å². The highest BCUT2D eigenvalue weighted by Gasteiger charge is 2.44. The van der Waals surface area contributed by atoms with Gasteiger partial charge in [0, 0.05) is 50.3 Å². The minimum absolute atomic E-state index is 0.0734. The lowest BCUT2D eigenvalue weighted by atomic mass is 9.82. The molecule has 2 saturated heterocycles. The van der Waals surface area contributed by atoms with Crippen LogP contribution < -0.4 is 0 Å². The van der Waals surface area contributed by atoms with E-state index in [0.29, 0.717) is 0 Å². The summed E-state index contributed by atoms with van der Waals surface area (Å²) in [6, 6.07) is 2.07. The molecule has 0 unspecified atom stereocenters. The average molecular weight is 344 g/mol. The maximum absolute atomic E-state index is 6.21. The molecule has 2 aliphatic heterocycles. The number of ether oxygens (including phenoxy) is 2. The molecular formula is C19H28N4O2. The fourth-order valence-electron chi connectivity index (χ4n) is 4.46. The molecule has 2 aromatic rings. The molecule has 0 aliphatic carbocycles. The molecule has 6 nitrogen and oxygen atoms in total. The summed E-state index contributed by atoms with van der Waals surface area (Å²) in [5.41, 5.74) is 4.29. The van der Waals surface area contributed by atoms with Gasteiger partial charge in [-0.05, 0) is 45.6 Å². The molecule has 4 heterocycles. The molecule has 2 aromatic heterocycles. The normalized spacial score (nSPS) is 24.2. The highest BCUT2D eigenvalue weighted by atomic mass is 16.5. The smallest absolute Gasteiger partial charge is 0.159 e. The molecule has 0 aromatic carbocycles. The Morgan fingerprint density at radius 3 is 2.88 bits per heavy atom. The van der Waals surface area contributed by atoms with Crippen LogP contribution in [-0.4, -0.2) is 58.0 Å². The zero-order valence-corrected chi connectivity index (χ0v) is 15.5. The van der Waals surface area contributed by atoms with Gasteiger partial charge in [-0.2, -0.15) is 5.10 Å². The van der Waals surface area contributed by atoms with Gasteiger partial charge < -0.3 is 9.47 Å². The van der Waals surface area contributed by atoms with Gasteiger partial charge >= 0.3 is 0 Å². The number of hydrogen-bond acceptors (Lipinski definition) is 5. The summed E-state index contributed by atoms with van der Waals surface area (Å²) in [7, 11) is 1.82. The van der Waals surface area contributed by atoms with Crippen molar-refractivity contribution in [3.05, 3.63) is 29.2 Å². The fourth-order valence-corrected chi connectivity index (χ4v) is 4.46. The Hall–Kier alpha value is -1.50. The van der Waals surface area contributed by atoms with E-state index in [9.17, 15) is 0 Å². The summed E-state index contributed by atoms with van der Waals surface area (Å²) in [6.07, 6.45) is 6.51. The molecule has 6 heteroatoms. The van der Waals surface area contributed by atoms with Gasteiger partial charge in [-0.3, -0.25) is 4.90 Å². The van der Waals surface area contributed by atoms with Crippen molar-refractivity contribution < 1.29 is 9.47 Å². The molecule has 0 bridgehead atoms. The number of piperidine rings is 1. The Bertz CT molecular complexity index is 749. The zero-order chi connectivity index (χ0) is 17.4. The fraction of sp³-hybridized carbons (Fsp3) is 0.684. The van der Waals surface area contributed by atoms with E-state index in [2.05, 4.69) is 23.0 Å². The second kappa shape index (κ2) is 6.67. The van der Waals surface area contributed by atoms with Gasteiger partial charge in [-0.1, -0.05) is 0 Å². The van der Waals surface area contributed by atoms with Crippen LogP contribution in [0.3, 0.4) is 0 Å². The summed E-state index contributed by atoms with van der Waals surface area (Å²) in [6.45, 7) is 7.95. The first-order valence-electron chi connectivity index (χ1n) is 9.31. The molecule has 25 heavy (non-hydrogen) atoms. The van der Waals surface area contributed by atoms with Crippen LogP contribution in [0.4, 0.5) is 0 Å². The van der Waals surface area contributed by atoms with Crippen molar-refractivity contribution in [3.8, 4) is 0 Å². The van der Waals surface area contributed by atoms with Crippen LogP contribution in [0.1, 0.15) is 42.6 Å². The molecule has 2 aliphatic rings. The largest absolute Gasteiger partial charge is 0.378 e. The number of rotatable bonds is 3. The van der Waals surface area contributed by atoms with Crippen LogP contribution in [0.5, 0.6) is 0 Å². The molecule has 0 saturated carbocycles. The number of methoxy groups -OCH3 is 1. The summed E-state index contributed by atoms with van der Waals surface area (Å²) >= 11 is 0. The van der Waals surface area contributed by atoms with Crippen molar-refractivity contribution >= 4 is 5.65 Å². The highest BCUT2D eigenvalue weighted by Crippen LogP contribution is 2.37. The molecule has 0 amide bonds. The minimum atomic E-state index is -0.0734. The van der Waals surface area contributed by atoms with Crippen molar-refractivity contribution in [1.82, 2.24) is 19.5 Å². The Balaban J connectivity index is 1.47. The van der Waals surface area contributed by atoms with Gasteiger partial charge in [0.25, 0.3) is 0 Å². The second-order valence-corrected chi connectivity index (χ2v) is 7.50. The number of likely N-dealkylation sites (tertiary alicyclic amines) is 1. The van der Waals surface area contributed by atoms with Gasteiger partial charge in [0.1, 0.15) is 0 Å². The molecule has 0 radical (unpaired) electrons. The first-order valence-corrected chi connectivity index (χ1v) is 9.31. The van der Waals surface area contributed by atoms with E-state index >= 15 is 0 Å². The van der Waals surface area contributed by atoms with E-state index in [1.165, 1.54) is 5.56 Å². The van der Waals surface area contributed by atoms with Crippen LogP contribution in [0.2, 0.25) is 0 Å². The Morgan fingerprint density at radius 2 is 2.12 bits per heavy atom. The second-order valence-electron chi connectivity index (χ2n) is 7.50. The Morgan fingerprint density at radius 1 is 1.32 bits per heavy atom. The number of aryl methyl sites for hydroxylation is 2. The number of aromatic nitrogens is 3. The number of hydrogen-bond donors (Lipinski definition) is 0. The maximum Gasteiger partial charge on any atom is 0.159 e. The summed E-state index contributed by atoms with van der Waals surface area (Å²) in [5, 5.41) is 4.52. The number of nitrogens with zero attached hydrogens (tertiary/aromatic N) is 4. The topological polar surface area (TPSA) is 51.9 Å². The Kier molecular flexibility index (Phi) is 4.52. The standard InChI is InChI=1S/C19H28N4O2/c1-14-11-15(2)23-18(21-14)16(12-20-23)13-22-8-6-19(7-9-22)17(24-3)5-4-10-25-19/h11-12,17H,4-10,13H2,1-3H3/t17-/m0/s1. The van der Waals surface area contributed by atoms with Gasteiger partial charge in [0.05, 0.1) is 17.9 Å².